The summed E-state index contributed by atoms with van der Waals surface area (Å²) in [5, 5.41) is 3.64. The molecule has 1 aromatic heterocycles. The van der Waals surface area contributed by atoms with Crippen LogP contribution in [-0.2, 0) is 9.53 Å². The summed E-state index contributed by atoms with van der Waals surface area (Å²) in [7, 11) is 1.65. The van der Waals surface area contributed by atoms with Crippen molar-refractivity contribution >= 4 is 23.2 Å². The monoisotopic (exact) mass is 433 g/mol. The maximum Gasteiger partial charge on any atom is 0.265 e. The van der Waals surface area contributed by atoms with E-state index in [0.29, 0.717) is 49.2 Å². The zero-order valence-electron chi connectivity index (χ0n) is 17.4. The summed E-state index contributed by atoms with van der Waals surface area (Å²) >= 11 is 1.35. The van der Waals surface area contributed by atoms with Crippen LogP contribution in [0.5, 0.6) is 0 Å². The molecule has 30 heavy (non-hydrogen) atoms. The van der Waals surface area contributed by atoms with Crippen LogP contribution in [0.25, 0.3) is 10.6 Å². The standard InChI is InChI=1S/C22H28FN3O3S/c1-15-20(30-21(25-15)17-4-6-18(23)7-5-17)22(28)26-11-8-16(9-12-26)14-19(27)24-10-3-13-29-2/h4-7,16H,3,8-14H2,1-2H3,(H,24,27). The summed E-state index contributed by atoms with van der Waals surface area (Å²) in [6.07, 6.45) is 2.95. The SMILES string of the molecule is COCCCNC(=O)CC1CCN(C(=O)c2sc(-c3ccc(F)cc3)nc2C)CC1. The highest BCUT2D eigenvalue weighted by Crippen LogP contribution is 2.30. The highest BCUT2D eigenvalue weighted by Gasteiger charge is 2.27. The Kier molecular flexibility index (Phi) is 7.93. The third-order valence-corrected chi connectivity index (χ3v) is 6.50. The minimum Gasteiger partial charge on any atom is -0.385 e. The summed E-state index contributed by atoms with van der Waals surface area (Å²) in [5.74, 6) is 0.0580. The fraction of sp³-hybridized carbons (Fsp3) is 0.500. The third kappa shape index (κ3) is 5.86. The molecule has 0 atom stereocenters. The lowest BCUT2D eigenvalue weighted by Crippen LogP contribution is -2.39. The molecule has 0 unspecified atom stereocenters. The molecule has 2 amide bonds. The largest absolute Gasteiger partial charge is 0.385 e. The van der Waals surface area contributed by atoms with E-state index in [1.807, 2.05) is 11.8 Å². The average Bonchev–Trinajstić information content (AvgIpc) is 3.13. The van der Waals surface area contributed by atoms with Gasteiger partial charge in [0, 0.05) is 45.3 Å². The maximum absolute atomic E-state index is 13.2. The number of halogens is 1. The number of carbonyl (C=O) groups is 2. The first kappa shape index (κ1) is 22.4. The van der Waals surface area contributed by atoms with Gasteiger partial charge in [-0.3, -0.25) is 9.59 Å². The highest BCUT2D eigenvalue weighted by molar-refractivity contribution is 7.17. The van der Waals surface area contributed by atoms with E-state index in [9.17, 15) is 14.0 Å². The van der Waals surface area contributed by atoms with Crippen LogP contribution in [0.3, 0.4) is 0 Å². The van der Waals surface area contributed by atoms with Crippen LogP contribution in [0.1, 0.15) is 41.0 Å². The van der Waals surface area contributed by atoms with Crippen molar-refractivity contribution in [3.05, 3.63) is 40.7 Å². The van der Waals surface area contributed by atoms with Gasteiger partial charge in [-0.15, -0.1) is 11.3 Å². The number of aromatic nitrogens is 1. The Morgan fingerprint density at radius 2 is 1.97 bits per heavy atom. The molecule has 1 aliphatic heterocycles. The van der Waals surface area contributed by atoms with E-state index in [-0.39, 0.29) is 17.6 Å². The molecule has 0 spiro atoms. The number of hydrogen-bond donors (Lipinski definition) is 1. The summed E-state index contributed by atoms with van der Waals surface area (Å²) < 4.78 is 18.1. The molecule has 1 fully saturated rings. The van der Waals surface area contributed by atoms with Gasteiger partial charge >= 0.3 is 0 Å². The van der Waals surface area contributed by atoms with Gasteiger partial charge in [-0.25, -0.2) is 9.37 Å². The fourth-order valence-electron chi connectivity index (χ4n) is 3.57. The fourth-order valence-corrected chi connectivity index (χ4v) is 4.61. The van der Waals surface area contributed by atoms with Crippen molar-refractivity contribution in [1.82, 2.24) is 15.2 Å². The second-order valence-electron chi connectivity index (χ2n) is 7.58. The Labute approximate surface area is 180 Å². The van der Waals surface area contributed by atoms with Gasteiger partial charge in [0.25, 0.3) is 5.91 Å². The number of nitrogens with one attached hydrogen (secondary N) is 1. The summed E-state index contributed by atoms with van der Waals surface area (Å²) in [4.78, 5) is 32.0. The maximum atomic E-state index is 13.2. The van der Waals surface area contributed by atoms with Gasteiger partial charge in [0.15, 0.2) is 0 Å². The zero-order chi connectivity index (χ0) is 21.5. The molecule has 1 aromatic carbocycles. The number of amides is 2. The average molecular weight is 434 g/mol. The van der Waals surface area contributed by atoms with Crippen LogP contribution in [0.15, 0.2) is 24.3 Å². The smallest absolute Gasteiger partial charge is 0.265 e. The minimum absolute atomic E-state index is 0.0131. The molecule has 6 nitrogen and oxygen atoms in total. The second kappa shape index (κ2) is 10.6. The Hall–Kier alpha value is -2.32. The van der Waals surface area contributed by atoms with Gasteiger partial charge in [-0.1, -0.05) is 0 Å². The lowest BCUT2D eigenvalue weighted by atomic mass is 9.93. The van der Waals surface area contributed by atoms with Gasteiger partial charge in [-0.05, 0) is 56.4 Å². The van der Waals surface area contributed by atoms with Crippen molar-refractivity contribution in [1.29, 1.82) is 0 Å². The number of nitrogens with zero attached hydrogens (tertiary/aromatic N) is 2. The Balaban J connectivity index is 1.52. The Morgan fingerprint density at radius 1 is 1.27 bits per heavy atom. The molecule has 0 aliphatic carbocycles. The molecule has 0 bridgehead atoms. The van der Waals surface area contributed by atoms with Crippen molar-refractivity contribution in [2.45, 2.75) is 32.6 Å². The van der Waals surface area contributed by atoms with E-state index in [0.717, 1.165) is 29.8 Å². The van der Waals surface area contributed by atoms with Crippen LogP contribution in [0.2, 0.25) is 0 Å². The van der Waals surface area contributed by atoms with Gasteiger partial charge < -0.3 is 15.0 Å². The number of carbonyl (C=O) groups excluding carboxylic acids is 2. The topological polar surface area (TPSA) is 71.5 Å². The summed E-state index contributed by atoms with van der Waals surface area (Å²) in [6.45, 7) is 4.39. The van der Waals surface area contributed by atoms with E-state index in [1.165, 1.54) is 23.5 Å². The lowest BCUT2D eigenvalue weighted by Gasteiger charge is -2.31. The Morgan fingerprint density at radius 3 is 2.63 bits per heavy atom. The number of aryl methyl sites for hydroxylation is 1. The van der Waals surface area contributed by atoms with E-state index in [1.54, 1.807) is 19.2 Å². The predicted octanol–water partition coefficient (Wildman–Crippen LogP) is 3.65. The highest BCUT2D eigenvalue weighted by atomic mass is 32.1. The molecule has 2 heterocycles. The quantitative estimate of drug-likeness (QED) is 0.645. The number of methoxy groups -OCH3 is 1. The predicted molar refractivity (Wildman–Crippen MR) is 115 cm³/mol. The van der Waals surface area contributed by atoms with Crippen LogP contribution >= 0.6 is 11.3 Å². The van der Waals surface area contributed by atoms with Gasteiger partial charge in [-0.2, -0.15) is 0 Å². The van der Waals surface area contributed by atoms with Crippen molar-refractivity contribution < 1.29 is 18.7 Å². The molecule has 0 saturated carbocycles. The van der Waals surface area contributed by atoms with Crippen LogP contribution in [-0.4, -0.2) is 55.0 Å². The van der Waals surface area contributed by atoms with E-state index >= 15 is 0 Å². The lowest BCUT2D eigenvalue weighted by molar-refractivity contribution is -0.122. The number of ether oxygens (including phenoxy) is 1. The number of likely N-dealkylation sites (tertiary alicyclic amines) is 1. The van der Waals surface area contributed by atoms with Gasteiger partial charge in [0.2, 0.25) is 5.91 Å². The molecular weight excluding hydrogens is 405 g/mol. The number of piperidine rings is 1. The normalized spacial score (nSPS) is 14.7. The first-order valence-corrected chi connectivity index (χ1v) is 11.1. The summed E-state index contributed by atoms with van der Waals surface area (Å²) in [5.41, 5.74) is 1.50. The number of thiazole rings is 1. The summed E-state index contributed by atoms with van der Waals surface area (Å²) in [6, 6.07) is 6.14. The molecule has 1 N–H and O–H groups in total. The van der Waals surface area contributed by atoms with Crippen molar-refractivity contribution in [2.75, 3.05) is 33.4 Å². The van der Waals surface area contributed by atoms with Crippen LogP contribution < -0.4 is 5.32 Å². The van der Waals surface area contributed by atoms with Crippen molar-refractivity contribution in [3.63, 3.8) is 0 Å². The van der Waals surface area contributed by atoms with Crippen molar-refractivity contribution in [3.8, 4) is 10.6 Å². The first-order chi connectivity index (χ1) is 14.5. The second-order valence-corrected chi connectivity index (χ2v) is 8.58. The molecular formula is C22H28FN3O3S. The van der Waals surface area contributed by atoms with E-state index in [4.69, 9.17) is 4.74 Å². The van der Waals surface area contributed by atoms with Gasteiger partial charge in [0.1, 0.15) is 15.7 Å². The number of rotatable bonds is 8. The molecule has 8 heteroatoms. The molecule has 3 rings (SSSR count). The van der Waals surface area contributed by atoms with Crippen LogP contribution in [0.4, 0.5) is 4.39 Å². The molecule has 1 aliphatic rings. The van der Waals surface area contributed by atoms with Crippen molar-refractivity contribution in [2.24, 2.45) is 5.92 Å². The third-order valence-electron chi connectivity index (χ3n) is 5.31. The molecule has 162 valence electrons. The zero-order valence-corrected chi connectivity index (χ0v) is 18.3. The van der Waals surface area contributed by atoms with Crippen LogP contribution in [0, 0.1) is 18.7 Å². The first-order valence-electron chi connectivity index (χ1n) is 10.3. The molecule has 2 aromatic rings. The Bertz CT molecular complexity index is 861. The van der Waals surface area contributed by atoms with E-state index < -0.39 is 0 Å². The number of hydrogen-bond acceptors (Lipinski definition) is 5. The van der Waals surface area contributed by atoms with E-state index in [2.05, 4.69) is 10.3 Å². The van der Waals surface area contributed by atoms with Gasteiger partial charge in [0.05, 0.1) is 5.69 Å². The molecule has 0 radical (unpaired) electrons. The number of benzene rings is 1. The molecule has 1 saturated heterocycles. The minimum atomic E-state index is -0.296.